The van der Waals surface area contributed by atoms with Gasteiger partial charge in [-0.3, -0.25) is 0 Å². The van der Waals surface area contributed by atoms with Crippen molar-refractivity contribution in [3.63, 3.8) is 0 Å². The molecule has 0 saturated carbocycles. The number of aryl methyl sites for hydroxylation is 1. The summed E-state index contributed by atoms with van der Waals surface area (Å²) in [5.41, 5.74) is 1.60. The third kappa shape index (κ3) is 4.62. The van der Waals surface area contributed by atoms with Gasteiger partial charge in [0.2, 0.25) is 10.0 Å². The highest BCUT2D eigenvalue weighted by Crippen LogP contribution is 2.22. The molecule has 1 atom stereocenters. The van der Waals surface area contributed by atoms with Gasteiger partial charge < -0.3 is 9.47 Å². The lowest BCUT2D eigenvalue weighted by atomic mass is 10.1. The van der Waals surface area contributed by atoms with E-state index in [1.807, 2.05) is 19.1 Å². The molecule has 2 rings (SSSR count). The number of hydrogen-bond acceptors (Lipinski definition) is 5. The van der Waals surface area contributed by atoms with Crippen LogP contribution in [-0.4, -0.2) is 28.1 Å². The van der Waals surface area contributed by atoms with Gasteiger partial charge in [-0.1, -0.05) is 12.1 Å². The van der Waals surface area contributed by atoms with Crippen LogP contribution in [0, 0.1) is 6.92 Å². The van der Waals surface area contributed by atoms with Gasteiger partial charge in [0.25, 0.3) is 0 Å². The molecular formula is C19H23NO5S. The van der Waals surface area contributed by atoms with Crippen LogP contribution >= 0.6 is 0 Å². The molecule has 0 aliphatic heterocycles. The van der Waals surface area contributed by atoms with E-state index in [0.29, 0.717) is 17.7 Å². The first-order valence-corrected chi connectivity index (χ1v) is 9.71. The third-order valence-corrected chi connectivity index (χ3v) is 5.61. The summed E-state index contributed by atoms with van der Waals surface area (Å²) in [6.07, 6.45) is 0. The zero-order valence-corrected chi connectivity index (χ0v) is 16.1. The fourth-order valence-corrected chi connectivity index (χ4v) is 4.04. The number of nitrogens with one attached hydrogen (secondary N) is 1. The molecular weight excluding hydrogens is 354 g/mol. The van der Waals surface area contributed by atoms with Crippen LogP contribution in [0.4, 0.5) is 0 Å². The van der Waals surface area contributed by atoms with E-state index in [0.717, 1.165) is 11.3 Å². The van der Waals surface area contributed by atoms with Crippen molar-refractivity contribution >= 4 is 16.0 Å². The molecule has 26 heavy (non-hydrogen) atoms. The lowest BCUT2D eigenvalue weighted by Gasteiger charge is -2.16. The van der Waals surface area contributed by atoms with E-state index in [-0.39, 0.29) is 4.90 Å². The zero-order valence-electron chi connectivity index (χ0n) is 15.3. The van der Waals surface area contributed by atoms with E-state index in [9.17, 15) is 13.2 Å². The van der Waals surface area contributed by atoms with Crippen LogP contribution in [0.2, 0.25) is 0 Å². The van der Waals surface area contributed by atoms with E-state index in [1.54, 1.807) is 26.0 Å². The minimum absolute atomic E-state index is 0.128. The van der Waals surface area contributed by atoms with Crippen molar-refractivity contribution in [1.82, 2.24) is 4.72 Å². The Labute approximate surface area is 154 Å². The Morgan fingerprint density at radius 3 is 2.35 bits per heavy atom. The SMILES string of the molecule is CCOc1ccc(C(C)NS(=O)(=O)c2ccc(C(=O)OC)cc2C)cc1. The van der Waals surface area contributed by atoms with E-state index < -0.39 is 22.0 Å². The minimum Gasteiger partial charge on any atom is -0.494 e. The van der Waals surface area contributed by atoms with Crippen molar-refractivity contribution < 1.29 is 22.7 Å². The molecule has 0 amide bonds. The molecule has 1 N–H and O–H groups in total. The summed E-state index contributed by atoms with van der Waals surface area (Å²) < 4.78 is 38.1. The maximum absolute atomic E-state index is 12.7. The predicted molar refractivity (Wildman–Crippen MR) is 98.9 cm³/mol. The van der Waals surface area contributed by atoms with Crippen LogP contribution < -0.4 is 9.46 Å². The Kier molecular flexibility index (Phi) is 6.39. The Morgan fingerprint density at radius 1 is 1.15 bits per heavy atom. The summed E-state index contributed by atoms with van der Waals surface area (Å²) in [4.78, 5) is 11.7. The standard InChI is InChI=1S/C19H23NO5S/c1-5-25-17-9-6-15(7-10-17)14(3)20-26(22,23)18-11-8-16(12-13(18)2)19(21)24-4/h6-12,14,20H,5H2,1-4H3. The molecule has 140 valence electrons. The number of methoxy groups -OCH3 is 1. The summed E-state index contributed by atoms with van der Waals surface area (Å²) in [5.74, 6) is 0.230. The number of carbonyl (C=O) groups excluding carboxylic acids is 1. The van der Waals surface area contributed by atoms with Crippen LogP contribution in [0.25, 0.3) is 0 Å². The molecule has 0 fully saturated rings. The molecule has 0 radical (unpaired) electrons. The summed E-state index contributed by atoms with van der Waals surface area (Å²) in [7, 11) is -2.46. The molecule has 0 aliphatic rings. The van der Waals surface area contributed by atoms with Gasteiger partial charge in [-0.25, -0.2) is 17.9 Å². The highest BCUT2D eigenvalue weighted by Gasteiger charge is 2.21. The Hall–Kier alpha value is -2.38. The van der Waals surface area contributed by atoms with E-state index >= 15 is 0 Å². The number of esters is 1. The lowest BCUT2D eigenvalue weighted by molar-refractivity contribution is 0.0600. The second-order valence-corrected chi connectivity index (χ2v) is 7.50. The topological polar surface area (TPSA) is 81.7 Å². The first-order valence-electron chi connectivity index (χ1n) is 8.22. The van der Waals surface area contributed by atoms with Crippen LogP contribution in [0.15, 0.2) is 47.4 Å². The number of sulfonamides is 1. The Balaban J connectivity index is 2.20. The molecule has 0 bridgehead atoms. The zero-order chi connectivity index (χ0) is 19.3. The summed E-state index contributed by atoms with van der Waals surface area (Å²) >= 11 is 0. The molecule has 0 aliphatic carbocycles. The number of ether oxygens (including phenoxy) is 2. The maximum atomic E-state index is 12.7. The predicted octanol–water partition coefficient (Wildman–Crippen LogP) is 3.22. The molecule has 1 unspecified atom stereocenters. The van der Waals surface area contributed by atoms with Crippen molar-refractivity contribution in [2.24, 2.45) is 0 Å². The number of rotatable bonds is 7. The van der Waals surface area contributed by atoms with Gasteiger partial charge in [0.05, 0.1) is 24.2 Å². The average molecular weight is 377 g/mol. The summed E-state index contributed by atoms with van der Waals surface area (Å²) in [6.45, 7) is 5.88. The fourth-order valence-electron chi connectivity index (χ4n) is 2.58. The second kappa shape index (κ2) is 8.33. The van der Waals surface area contributed by atoms with Gasteiger partial charge in [-0.05, 0) is 62.2 Å². The van der Waals surface area contributed by atoms with Gasteiger partial charge in [0.15, 0.2) is 0 Å². The molecule has 6 nitrogen and oxygen atoms in total. The quantitative estimate of drug-likeness (QED) is 0.749. The maximum Gasteiger partial charge on any atom is 0.337 e. The highest BCUT2D eigenvalue weighted by molar-refractivity contribution is 7.89. The number of hydrogen-bond donors (Lipinski definition) is 1. The van der Waals surface area contributed by atoms with Gasteiger partial charge in [-0.15, -0.1) is 0 Å². The van der Waals surface area contributed by atoms with Crippen molar-refractivity contribution in [3.8, 4) is 5.75 Å². The number of carbonyl (C=O) groups is 1. The van der Waals surface area contributed by atoms with Crippen molar-refractivity contribution in [3.05, 3.63) is 59.2 Å². The van der Waals surface area contributed by atoms with E-state index in [1.165, 1.54) is 25.3 Å². The van der Waals surface area contributed by atoms with Crippen molar-refractivity contribution in [2.45, 2.75) is 31.7 Å². The van der Waals surface area contributed by atoms with E-state index in [2.05, 4.69) is 9.46 Å². The number of benzene rings is 2. The lowest BCUT2D eigenvalue weighted by Crippen LogP contribution is -2.27. The Morgan fingerprint density at radius 2 is 1.81 bits per heavy atom. The summed E-state index contributed by atoms with van der Waals surface area (Å²) in [5, 5.41) is 0. The smallest absolute Gasteiger partial charge is 0.337 e. The second-order valence-electron chi connectivity index (χ2n) is 5.82. The first-order chi connectivity index (χ1) is 12.3. The Bertz CT molecular complexity index is 875. The third-order valence-electron chi connectivity index (χ3n) is 3.91. The largest absolute Gasteiger partial charge is 0.494 e. The average Bonchev–Trinajstić information content (AvgIpc) is 2.61. The first kappa shape index (κ1) is 19.9. The molecule has 7 heteroatoms. The van der Waals surface area contributed by atoms with E-state index in [4.69, 9.17) is 4.74 Å². The van der Waals surface area contributed by atoms with Crippen LogP contribution in [0.3, 0.4) is 0 Å². The summed E-state index contributed by atoms with van der Waals surface area (Å²) in [6, 6.07) is 11.2. The van der Waals surface area contributed by atoms with Crippen molar-refractivity contribution in [1.29, 1.82) is 0 Å². The molecule has 0 heterocycles. The molecule has 2 aromatic carbocycles. The van der Waals surface area contributed by atoms with Crippen molar-refractivity contribution in [2.75, 3.05) is 13.7 Å². The molecule has 0 spiro atoms. The highest BCUT2D eigenvalue weighted by atomic mass is 32.2. The normalized spacial score (nSPS) is 12.5. The van der Waals surface area contributed by atoms with Gasteiger partial charge in [0.1, 0.15) is 5.75 Å². The molecule has 2 aromatic rings. The van der Waals surface area contributed by atoms with Crippen LogP contribution in [0.1, 0.15) is 41.4 Å². The van der Waals surface area contributed by atoms with Gasteiger partial charge >= 0.3 is 5.97 Å². The van der Waals surface area contributed by atoms with Gasteiger partial charge in [-0.2, -0.15) is 0 Å². The van der Waals surface area contributed by atoms with Gasteiger partial charge in [0, 0.05) is 6.04 Å². The monoisotopic (exact) mass is 377 g/mol. The van der Waals surface area contributed by atoms with Crippen LogP contribution in [0.5, 0.6) is 5.75 Å². The fraction of sp³-hybridized carbons (Fsp3) is 0.316. The molecule has 0 aromatic heterocycles. The minimum atomic E-state index is -3.74. The van der Waals surface area contributed by atoms with Crippen LogP contribution in [-0.2, 0) is 14.8 Å². The molecule has 0 saturated heterocycles.